The van der Waals surface area contributed by atoms with Gasteiger partial charge in [-0.05, 0) is 42.3 Å². The number of benzene rings is 2. The predicted molar refractivity (Wildman–Crippen MR) is 101 cm³/mol. The standard InChI is InChI=1S/C21H18N2O5/c1-13-3-9-17(19(11-13)27-2)20(24)23-22-12-16-8-10-18(28-16)14-4-6-15(7-5-14)21(25)26/h3-12H,1-2H3,(H,23,24)(H,25,26)/p-1/b22-12-. The Morgan fingerprint density at radius 3 is 2.54 bits per heavy atom. The number of amides is 1. The number of nitrogens with zero attached hydrogens (tertiary/aromatic N) is 1. The maximum atomic E-state index is 12.3. The molecule has 1 amide bonds. The van der Waals surface area contributed by atoms with E-state index in [2.05, 4.69) is 10.5 Å². The lowest BCUT2D eigenvalue weighted by atomic mass is 10.1. The van der Waals surface area contributed by atoms with Gasteiger partial charge in [-0.2, -0.15) is 5.10 Å². The fraction of sp³-hybridized carbons (Fsp3) is 0.0952. The van der Waals surface area contributed by atoms with E-state index in [1.54, 1.807) is 36.4 Å². The van der Waals surface area contributed by atoms with Crippen LogP contribution in [0.25, 0.3) is 11.3 Å². The summed E-state index contributed by atoms with van der Waals surface area (Å²) >= 11 is 0. The van der Waals surface area contributed by atoms with E-state index in [0.717, 1.165) is 5.56 Å². The summed E-state index contributed by atoms with van der Waals surface area (Å²) in [5.41, 5.74) is 4.58. The number of aromatic carboxylic acids is 1. The number of carboxylic acid groups (broad SMARTS) is 1. The third kappa shape index (κ3) is 4.27. The first-order valence-electron chi connectivity index (χ1n) is 8.37. The number of aryl methyl sites for hydroxylation is 1. The van der Waals surface area contributed by atoms with Gasteiger partial charge in [0.1, 0.15) is 17.3 Å². The molecule has 3 rings (SSSR count). The lowest BCUT2D eigenvalue weighted by molar-refractivity contribution is -0.255. The monoisotopic (exact) mass is 377 g/mol. The van der Waals surface area contributed by atoms with Crippen molar-refractivity contribution in [3.8, 4) is 17.1 Å². The van der Waals surface area contributed by atoms with Crippen molar-refractivity contribution in [1.29, 1.82) is 0 Å². The molecule has 0 bridgehead atoms. The summed E-state index contributed by atoms with van der Waals surface area (Å²) in [6, 6.07) is 14.8. The second-order valence-electron chi connectivity index (χ2n) is 5.97. The molecule has 0 spiro atoms. The summed E-state index contributed by atoms with van der Waals surface area (Å²) in [6.45, 7) is 1.91. The first-order valence-corrected chi connectivity index (χ1v) is 8.37. The topological polar surface area (TPSA) is 104 Å². The molecule has 2 aromatic carbocycles. The molecule has 0 aliphatic carbocycles. The van der Waals surface area contributed by atoms with Crippen LogP contribution in [0, 0.1) is 6.92 Å². The smallest absolute Gasteiger partial charge is 0.275 e. The Morgan fingerprint density at radius 2 is 1.86 bits per heavy atom. The summed E-state index contributed by atoms with van der Waals surface area (Å²) < 4.78 is 10.8. The van der Waals surface area contributed by atoms with Crippen LogP contribution in [0.2, 0.25) is 0 Å². The average molecular weight is 377 g/mol. The van der Waals surface area contributed by atoms with E-state index in [-0.39, 0.29) is 5.56 Å². The van der Waals surface area contributed by atoms with Crippen LogP contribution >= 0.6 is 0 Å². The van der Waals surface area contributed by atoms with Gasteiger partial charge in [-0.1, -0.05) is 30.3 Å². The number of methoxy groups -OCH3 is 1. The number of hydrazone groups is 1. The number of carbonyl (C=O) groups excluding carboxylic acids is 2. The van der Waals surface area contributed by atoms with Crippen molar-refractivity contribution < 1.29 is 23.8 Å². The molecule has 1 heterocycles. The minimum atomic E-state index is -1.24. The third-order valence-corrected chi connectivity index (χ3v) is 3.99. The second kappa shape index (κ2) is 8.22. The van der Waals surface area contributed by atoms with Crippen LogP contribution in [-0.4, -0.2) is 25.2 Å². The largest absolute Gasteiger partial charge is 0.545 e. The molecule has 0 saturated carbocycles. The number of carboxylic acids is 1. The van der Waals surface area contributed by atoms with Crippen molar-refractivity contribution >= 4 is 18.1 Å². The third-order valence-electron chi connectivity index (χ3n) is 3.99. The van der Waals surface area contributed by atoms with Crippen molar-refractivity contribution in [2.75, 3.05) is 7.11 Å². The average Bonchev–Trinajstić information content (AvgIpc) is 3.16. The van der Waals surface area contributed by atoms with Gasteiger partial charge in [0.15, 0.2) is 0 Å². The van der Waals surface area contributed by atoms with Crippen molar-refractivity contribution in [2.24, 2.45) is 5.10 Å². The zero-order chi connectivity index (χ0) is 20.1. The molecule has 0 radical (unpaired) electrons. The van der Waals surface area contributed by atoms with Crippen LogP contribution in [-0.2, 0) is 0 Å². The van der Waals surface area contributed by atoms with E-state index in [1.807, 2.05) is 13.0 Å². The van der Waals surface area contributed by atoms with E-state index < -0.39 is 11.9 Å². The number of rotatable bonds is 6. The fourth-order valence-corrected chi connectivity index (χ4v) is 2.55. The number of nitrogens with one attached hydrogen (secondary N) is 1. The maximum Gasteiger partial charge on any atom is 0.275 e. The molecule has 28 heavy (non-hydrogen) atoms. The molecule has 0 unspecified atom stereocenters. The highest BCUT2D eigenvalue weighted by Crippen LogP contribution is 2.22. The Hall–Kier alpha value is -3.87. The first kappa shape index (κ1) is 18.9. The van der Waals surface area contributed by atoms with Crippen molar-refractivity contribution in [1.82, 2.24) is 5.43 Å². The molecule has 3 aromatic rings. The molecule has 1 aromatic heterocycles. The predicted octanol–water partition coefficient (Wildman–Crippen LogP) is 2.39. The Balaban J connectivity index is 1.67. The first-order chi connectivity index (χ1) is 13.5. The number of carbonyl (C=O) groups is 2. The van der Waals surface area contributed by atoms with E-state index in [0.29, 0.717) is 28.4 Å². The summed E-state index contributed by atoms with van der Waals surface area (Å²) in [4.78, 5) is 23.0. The van der Waals surface area contributed by atoms with Gasteiger partial charge in [0, 0.05) is 5.56 Å². The van der Waals surface area contributed by atoms with Crippen LogP contribution < -0.4 is 15.3 Å². The maximum absolute atomic E-state index is 12.3. The minimum absolute atomic E-state index is 0.0892. The van der Waals surface area contributed by atoms with Crippen LogP contribution in [0.15, 0.2) is 64.1 Å². The lowest BCUT2D eigenvalue weighted by Crippen LogP contribution is -2.21. The number of furan rings is 1. The normalized spacial score (nSPS) is 10.8. The summed E-state index contributed by atoms with van der Waals surface area (Å²) in [6.07, 6.45) is 1.37. The summed E-state index contributed by atoms with van der Waals surface area (Å²) in [5.74, 6) is -0.210. The van der Waals surface area contributed by atoms with E-state index >= 15 is 0 Å². The Kier molecular flexibility index (Phi) is 5.55. The summed E-state index contributed by atoms with van der Waals surface area (Å²) in [5, 5.41) is 14.7. The molecule has 0 saturated heterocycles. The van der Waals surface area contributed by atoms with E-state index in [9.17, 15) is 14.7 Å². The number of hydrogen-bond acceptors (Lipinski definition) is 6. The van der Waals surface area contributed by atoms with Gasteiger partial charge in [0.25, 0.3) is 5.91 Å². The molecule has 0 fully saturated rings. The van der Waals surface area contributed by atoms with Crippen molar-refractivity contribution in [2.45, 2.75) is 6.92 Å². The fourth-order valence-electron chi connectivity index (χ4n) is 2.55. The molecule has 7 nitrogen and oxygen atoms in total. The molecular formula is C21H17N2O5-. The van der Waals surface area contributed by atoms with Gasteiger partial charge >= 0.3 is 0 Å². The van der Waals surface area contributed by atoms with Gasteiger partial charge in [0.2, 0.25) is 0 Å². The van der Waals surface area contributed by atoms with Crippen LogP contribution in [0.4, 0.5) is 0 Å². The molecule has 0 aliphatic rings. The van der Waals surface area contributed by atoms with Gasteiger partial charge in [0.05, 0.1) is 24.9 Å². The number of hydrogen-bond donors (Lipinski definition) is 1. The van der Waals surface area contributed by atoms with Crippen LogP contribution in [0.3, 0.4) is 0 Å². The second-order valence-corrected chi connectivity index (χ2v) is 5.97. The Bertz CT molecular complexity index is 1040. The van der Waals surface area contributed by atoms with Crippen LogP contribution in [0.5, 0.6) is 5.75 Å². The number of ether oxygens (including phenoxy) is 1. The zero-order valence-corrected chi connectivity index (χ0v) is 15.3. The van der Waals surface area contributed by atoms with Gasteiger partial charge < -0.3 is 19.1 Å². The van der Waals surface area contributed by atoms with Crippen LogP contribution in [0.1, 0.15) is 32.0 Å². The van der Waals surface area contributed by atoms with Crippen molar-refractivity contribution in [3.05, 3.63) is 77.0 Å². The van der Waals surface area contributed by atoms with E-state index in [4.69, 9.17) is 9.15 Å². The SMILES string of the molecule is COc1cc(C)ccc1C(=O)N/N=C\c1ccc(-c2ccc(C(=O)[O-])cc2)o1. The molecule has 0 atom stereocenters. The summed E-state index contributed by atoms with van der Waals surface area (Å²) in [7, 11) is 1.50. The Labute approximate surface area is 161 Å². The lowest BCUT2D eigenvalue weighted by Gasteiger charge is -2.07. The highest BCUT2D eigenvalue weighted by atomic mass is 16.5. The van der Waals surface area contributed by atoms with Crippen molar-refractivity contribution in [3.63, 3.8) is 0 Å². The Morgan fingerprint density at radius 1 is 1.11 bits per heavy atom. The van der Waals surface area contributed by atoms with Gasteiger partial charge in [-0.25, -0.2) is 5.43 Å². The highest BCUT2D eigenvalue weighted by Gasteiger charge is 2.11. The quantitative estimate of drug-likeness (QED) is 0.525. The molecule has 0 aliphatic heterocycles. The van der Waals surface area contributed by atoms with Gasteiger partial charge in [-0.15, -0.1) is 0 Å². The molecule has 1 N–H and O–H groups in total. The zero-order valence-electron chi connectivity index (χ0n) is 15.3. The molecule has 142 valence electrons. The van der Waals surface area contributed by atoms with E-state index in [1.165, 1.54) is 25.5 Å². The molecule has 7 heteroatoms. The van der Waals surface area contributed by atoms with Gasteiger partial charge in [-0.3, -0.25) is 4.79 Å². The minimum Gasteiger partial charge on any atom is -0.545 e. The highest BCUT2D eigenvalue weighted by molar-refractivity contribution is 5.97. The molecular weight excluding hydrogens is 360 g/mol.